The third-order valence-corrected chi connectivity index (χ3v) is 4.25. The van der Waals surface area contributed by atoms with E-state index in [1.165, 1.54) is 10.4 Å². The molecule has 0 aromatic carbocycles. The minimum absolute atomic E-state index is 0.429. The molecule has 4 heteroatoms. The predicted octanol–water partition coefficient (Wildman–Crippen LogP) is 4.06. The van der Waals surface area contributed by atoms with Crippen molar-refractivity contribution in [2.45, 2.75) is 46.3 Å². The Morgan fingerprint density at radius 3 is 2.86 bits per heavy atom. The van der Waals surface area contributed by atoms with Crippen LogP contribution in [0.5, 0.6) is 0 Å². The lowest BCUT2D eigenvalue weighted by Crippen LogP contribution is -2.30. The van der Waals surface area contributed by atoms with Crippen molar-refractivity contribution >= 4 is 17.2 Å². The highest BCUT2D eigenvalue weighted by atomic mass is 32.1. The highest BCUT2D eigenvalue weighted by molar-refractivity contribution is 7.09. The summed E-state index contributed by atoms with van der Waals surface area (Å²) in [4.78, 5) is 8.30. The Bertz CT molecular complexity index is 523. The van der Waals surface area contributed by atoms with Gasteiger partial charge in [-0.15, -0.1) is 11.3 Å². The maximum atomic E-state index is 4.57. The molecule has 114 valence electrons. The molecule has 2 aromatic heterocycles. The Morgan fingerprint density at radius 1 is 1.33 bits per heavy atom. The first-order valence-corrected chi connectivity index (χ1v) is 8.53. The predicted molar refractivity (Wildman–Crippen MR) is 91.9 cm³/mol. The molecule has 0 bridgehead atoms. The van der Waals surface area contributed by atoms with Gasteiger partial charge in [0, 0.05) is 23.7 Å². The molecule has 0 amide bonds. The van der Waals surface area contributed by atoms with Crippen LogP contribution < -0.4 is 10.2 Å². The summed E-state index contributed by atoms with van der Waals surface area (Å²) in [5.74, 6) is 1.06. The van der Waals surface area contributed by atoms with Gasteiger partial charge in [0.1, 0.15) is 5.82 Å². The summed E-state index contributed by atoms with van der Waals surface area (Å²) in [6, 6.07) is 9.02. The van der Waals surface area contributed by atoms with E-state index < -0.39 is 0 Å². The maximum Gasteiger partial charge on any atom is 0.129 e. The zero-order chi connectivity index (χ0) is 15.1. The molecule has 2 aromatic rings. The lowest BCUT2D eigenvalue weighted by molar-refractivity contribution is 0.664. The highest BCUT2D eigenvalue weighted by Gasteiger charge is 2.13. The minimum Gasteiger partial charge on any atom is -0.349 e. The molecule has 0 saturated heterocycles. The van der Waals surface area contributed by atoms with Crippen LogP contribution in [0.3, 0.4) is 0 Å². The monoisotopic (exact) mass is 303 g/mol. The van der Waals surface area contributed by atoms with E-state index in [2.05, 4.69) is 65.6 Å². The van der Waals surface area contributed by atoms with Crippen molar-refractivity contribution in [2.24, 2.45) is 0 Å². The van der Waals surface area contributed by atoms with Crippen LogP contribution >= 0.6 is 11.3 Å². The molecule has 2 rings (SSSR count). The second-order valence-electron chi connectivity index (χ2n) is 5.50. The summed E-state index contributed by atoms with van der Waals surface area (Å²) in [6.07, 6.45) is 3.08. The van der Waals surface area contributed by atoms with E-state index in [0.29, 0.717) is 6.04 Å². The standard InChI is InChI=1S/C17H25N3S/c1-4-8-18-12-15-7-9-19-17(11-15)20(14(2)3)13-16-6-5-10-21-16/h5-7,9-11,14,18H,4,8,12-13H2,1-3H3. The van der Waals surface area contributed by atoms with Gasteiger partial charge in [-0.05, 0) is 56.0 Å². The largest absolute Gasteiger partial charge is 0.349 e. The third-order valence-electron chi connectivity index (χ3n) is 3.39. The van der Waals surface area contributed by atoms with Crippen molar-refractivity contribution in [1.29, 1.82) is 0 Å². The number of anilines is 1. The third kappa shape index (κ3) is 4.83. The lowest BCUT2D eigenvalue weighted by atomic mass is 10.2. The average molecular weight is 303 g/mol. The van der Waals surface area contributed by atoms with E-state index in [1.807, 2.05) is 6.20 Å². The van der Waals surface area contributed by atoms with Crippen LogP contribution in [0.4, 0.5) is 5.82 Å². The van der Waals surface area contributed by atoms with Gasteiger partial charge in [-0.2, -0.15) is 0 Å². The van der Waals surface area contributed by atoms with Crippen molar-refractivity contribution in [3.05, 3.63) is 46.3 Å². The molecule has 0 atom stereocenters. The van der Waals surface area contributed by atoms with Crippen LogP contribution in [0.1, 0.15) is 37.6 Å². The molecule has 0 aliphatic heterocycles. The van der Waals surface area contributed by atoms with Gasteiger partial charge in [-0.3, -0.25) is 0 Å². The number of nitrogens with zero attached hydrogens (tertiary/aromatic N) is 2. The Kier molecular flexibility index (Phi) is 6.21. The molecule has 0 spiro atoms. The summed E-state index contributed by atoms with van der Waals surface area (Å²) < 4.78 is 0. The van der Waals surface area contributed by atoms with Crippen LogP contribution in [0.15, 0.2) is 35.8 Å². The van der Waals surface area contributed by atoms with E-state index in [9.17, 15) is 0 Å². The molecule has 3 nitrogen and oxygen atoms in total. The van der Waals surface area contributed by atoms with Crippen LogP contribution in [0.25, 0.3) is 0 Å². The van der Waals surface area contributed by atoms with E-state index in [4.69, 9.17) is 0 Å². The quantitative estimate of drug-likeness (QED) is 0.745. The molecule has 2 heterocycles. The molecular formula is C17H25N3S. The van der Waals surface area contributed by atoms with Gasteiger partial charge < -0.3 is 10.2 Å². The smallest absolute Gasteiger partial charge is 0.129 e. The number of nitrogens with one attached hydrogen (secondary N) is 1. The fraction of sp³-hybridized carbons (Fsp3) is 0.471. The first kappa shape index (κ1) is 16.0. The average Bonchev–Trinajstić information content (AvgIpc) is 2.98. The Labute approximate surface area is 132 Å². The van der Waals surface area contributed by atoms with E-state index in [-0.39, 0.29) is 0 Å². The van der Waals surface area contributed by atoms with Crippen molar-refractivity contribution in [1.82, 2.24) is 10.3 Å². The van der Waals surface area contributed by atoms with Crippen molar-refractivity contribution < 1.29 is 0 Å². The van der Waals surface area contributed by atoms with Crippen LogP contribution in [-0.2, 0) is 13.1 Å². The number of pyridine rings is 1. The molecule has 0 saturated carbocycles. The topological polar surface area (TPSA) is 28.2 Å². The summed E-state index contributed by atoms with van der Waals surface area (Å²) in [5.41, 5.74) is 1.30. The molecule has 1 N–H and O–H groups in total. The first-order valence-electron chi connectivity index (χ1n) is 7.65. The molecular weight excluding hydrogens is 278 g/mol. The molecule has 0 unspecified atom stereocenters. The van der Waals surface area contributed by atoms with Gasteiger partial charge in [-0.1, -0.05) is 13.0 Å². The van der Waals surface area contributed by atoms with Crippen LogP contribution in [0.2, 0.25) is 0 Å². The molecule has 0 aliphatic rings. The Morgan fingerprint density at radius 2 is 2.19 bits per heavy atom. The van der Waals surface area contributed by atoms with Gasteiger partial charge >= 0.3 is 0 Å². The summed E-state index contributed by atoms with van der Waals surface area (Å²) >= 11 is 1.80. The molecule has 0 fully saturated rings. The molecule has 21 heavy (non-hydrogen) atoms. The van der Waals surface area contributed by atoms with Crippen LogP contribution in [-0.4, -0.2) is 17.6 Å². The Balaban J connectivity index is 2.10. The van der Waals surface area contributed by atoms with Gasteiger partial charge in [0.25, 0.3) is 0 Å². The summed E-state index contributed by atoms with van der Waals surface area (Å²) in [6.45, 7) is 9.52. The van der Waals surface area contributed by atoms with Crippen molar-refractivity contribution in [2.75, 3.05) is 11.4 Å². The SMILES string of the molecule is CCCNCc1ccnc(N(Cc2cccs2)C(C)C)c1. The first-order chi connectivity index (χ1) is 10.2. The van der Waals surface area contributed by atoms with Crippen molar-refractivity contribution in [3.63, 3.8) is 0 Å². The molecule has 0 aliphatic carbocycles. The zero-order valence-electron chi connectivity index (χ0n) is 13.2. The fourth-order valence-electron chi connectivity index (χ4n) is 2.24. The van der Waals surface area contributed by atoms with Gasteiger partial charge in [0.15, 0.2) is 0 Å². The second kappa shape index (κ2) is 8.15. The zero-order valence-corrected chi connectivity index (χ0v) is 14.0. The number of hydrogen-bond donors (Lipinski definition) is 1. The number of rotatable bonds is 8. The van der Waals surface area contributed by atoms with E-state index in [1.54, 1.807) is 11.3 Å². The summed E-state index contributed by atoms with van der Waals surface area (Å²) in [7, 11) is 0. The van der Waals surface area contributed by atoms with Crippen molar-refractivity contribution in [3.8, 4) is 0 Å². The van der Waals surface area contributed by atoms with Gasteiger partial charge in [0.05, 0.1) is 6.54 Å². The maximum absolute atomic E-state index is 4.57. The number of thiophene rings is 1. The minimum atomic E-state index is 0.429. The van der Waals surface area contributed by atoms with Gasteiger partial charge in [-0.25, -0.2) is 4.98 Å². The van der Waals surface area contributed by atoms with E-state index in [0.717, 1.165) is 31.9 Å². The van der Waals surface area contributed by atoms with Gasteiger partial charge in [0.2, 0.25) is 0 Å². The fourth-order valence-corrected chi connectivity index (χ4v) is 2.94. The normalized spacial score (nSPS) is 11.0. The Hall–Kier alpha value is -1.39. The highest BCUT2D eigenvalue weighted by Crippen LogP contribution is 2.21. The second-order valence-corrected chi connectivity index (χ2v) is 6.53. The number of hydrogen-bond acceptors (Lipinski definition) is 4. The van der Waals surface area contributed by atoms with E-state index >= 15 is 0 Å². The lowest BCUT2D eigenvalue weighted by Gasteiger charge is -2.27. The number of aromatic nitrogens is 1. The molecule has 0 radical (unpaired) electrons. The van der Waals surface area contributed by atoms with Crippen LogP contribution in [0, 0.1) is 0 Å². The summed E-state index contributed by atoms with van der Waals surface area (Å²) in [5, 5.41) is 5.58.